The SMILES string of the molecule is C[C@@H](O)c1ccc(Sc2ccc(F)c(F)c2)cc1Br. The molecule has 2 aromatic carbocycles. The lowest BCUT2D eigenvalue weighted by Gasteiger charge is -2.09. The van der Waals surface area contributed by atoms with Crippen molar-refractivity contribution in [3.05, 3.63) is 58.1 Å². The van der Waals surface area contributed by atoms with Crippen molar-refractivity contribution in [1.29, 1.82) is 0 Å². The molecule has 0 radical (unpaired) electrons. The zero-order valence-electron chi connectivity index (χ0n) is 10.0. The van der Waals surface area contributed by atoms with E-state index in [4.69, 9.17) is 0 Å². The first kappa shape index (κ1) is 14.5. The van der Waals surface area contributed by atoms with Crippen LogP contribution < -0.4 is 0 Å². The Bertz CT molecular complexity index is 602. The second-order valence-corrected chi connectivity index (χ2v) is 6.04. The standard InChI is InChI=1S/C14H11BrF2OS/c1-8(18)11-4-2-9(6-12(11)15)19-10-3-5-13(16)14(17)7-10/h2-8,18H,1H3/t8-/m1/s1. The van der Waals surface area contributed by atoms with Gasteiger partial charge in [0.15, 0.2) is 11.6 Å². The fourth-order valence-corrected chi connectivity index (χ4v) is 3.33. The number of halogens is 3. The van der Waals surface area contributed by atoms with Crippen molar-refractivity contribution in [2.45, 2.75) is 22.8 Å². The highest BCUT2D eigenvalue weighted by Gasteiger charge is 2.08. The first-order chi connectivity index (χ1) is 8.97. The molecule has 100 valence electrons. The van der Waals surface area contributed by atoms with Crippen molar-refractivity contribution < 1.29 is 13.9 Å². The Morgan fingerprint density at radius 1 is 1.05 bits per heavy atom. The van der Waals surface area contributed by atoms with Gasteiger partial charge >= 0.3 is 0 Å². The van der Waals surface area contributed by atoms with Gasteiger partial charge in [0.2, 0.25) is 0 Å². The maximum absolute atomic E-state index is 13.1. The molecule has 0 unspecified atom stereocenters. The number of aliphatic hydroxyl groups is 1. The molecule has 2 aromatic rings. The summed E-state index contributed by atoms with van der Waals surface area (Å²) in [6, 6.07) is 9.27. The summed E-state index contributed by atoms with van der Waals surface area (Å²) in [4.78, 5) is 1.50. The van der Waals surface area contributed by atoms with Gasteiger partial charge in [0.25, 0.3) is 0 Å². The number of benzene rings is 2. The number of hydrogen-bond acceptors (Lipinski definition) is 2. The van der Waals surface area contributed by atoms with Gasteiger partial charge in [-0.2, -0.15) is 0 Å². The van der Waals surface area contributed by atoms with Gasteiger partial charge in [-0.05, 0) is 42.8 Å². The minimum Gasteiger partial charge on any atom is -0.389 e. The second kappa shape index (κ2) is 6.03. The molecule has 0 heterocycles. The summed E-state index contributed by atoms with van der Waals surface area (Å²) in [6.45, 7) is 1.68. The van der Waals surface area contributed by atoms with Crippen LogP contribution in [0.4, 0.5) is 8.78 Å². The van der Waals surface area contributed by atoms with E-state index in [2.05, 4.69) is 15.9 Å². The average Bonchev–Trinajstić information content (AvgIpc) is 2.33. The monoisotopic (exact) mass is 344 g/mol. The maximum Gasteiger partial charge on any atom is 0.159 e. The Balaban J connectivity index is 2.24. The minimum atomic E-state index is -0.857. The molecule has 1 nitrogen and oxygen atoms in total. The molecule has 0 amide bonds. The Kier molecular flexibility index (Phi) is 4.60. The summed E-state index contributed by atoms with van der Waals surface area (Å²) in [5.74, 6) is -1.71. The number of aliphatic hydroxyl groups excluding tert-OH is 1. The normalized spacial score (nSPS) is 12.5. The van der Waals surface area contributed by atoms with E-state index < -0.39 is 17.7 Å². The lowest BCUT2D eigenvalue weighted by Crippen LogP contribution is -1.92. The molecule has 2 rings (SSSR count). The van der Waals surface area contributed by atoms with Crippen LogP contribution >= 0.6 is 27.7 Å². The van der Waals surface area contributed by atoms with Crippen LogP contribution in [0, 0.1) is 11.6 Å². The zero-order chi connectivity index (χ0) is 14.0. The molecule has 0 saturated carbocycles. The van der Waals surface area contributed by atoms with E-state index >= 15 is 0 Å². The van der Waals surface area contributed by atoms with Crippen molar-refractivity contribution in [3.8, 4) is 0 Å². The van der Waals surface area contributed by atoms with E-state index in [1.54, 1.807) is 13.0 Å². The van der Waals surface area contributed by atoms with E-state index in [1.165, 1.54) is 17.8 Å². The van der Waals surface area contributed by atoms with Crippen LogP contribution in [0.1, 0.15) is 18.6 Å². The molecule has 0 aliphatic heterocycles. The van der Waals surface area contributed by atoms with Crippen LogP contribution in [0.3, 0.4) is 0 Å². The minimum absolute atomic E-state index is 0.559. The third-order valence-electron chi connectivity index (χ3n) is 2.55. The fourth-order valence-electron chi connectivity index (χ4n) is 1.59. The van der Waals surface area contributed by atoms with Crippen molar-refractivity contribution in [3.63, 3.8) is 0 Å². The lowest BCUT2D eigenvalue weighted by atomic mass is 10.1. The molecule has 0 aliphatic carbocycles. The molecular formula is C14H11BrF2OS. The molecule has 1 N–H and O–H groups in total. The van der Waals surface area contributed by atoms with E-state index in [1.807, 2.05) is 12.1 Å². The Morgan fingerprint density at radius 2 is 1.68 bits per heavy atom. The number of rotatable bonds is 3. The van der Waals surface area contributed by atoms with Crippen LogP contribution in [0.15, 0.2) is 50.7 Å². The molecule has 5 heteroatoms. The topological polar surface area (TPSA) is 20.2 Å². The predicted octanol–water partition coefficient (Wildman–Crippen LogP) is 4.93. The lowest BCUT2D eigenvalue weighted by molar-refractivity contribution is 0.198. The van der Waals surface area contributed by atoms with Gasteiger partial charge in [-0.25, -0.2) is 8.78 Å². The molecular weight excluding hydrogens is 334 g/mol. The quantitative estimate of drug-likeness (QED) is 0.851. The highest BCUT2D eigenvalue weighted by Crippen LogP contribution is 2.33. The molecule has 0 aromatic heterocycles. The predicted molar refractivity (Wildman–Crippen MR) is 75.3 cm³/mol. The number of hydrogen-bond donors (Lipinski definition) is 1. The molecule has 0 bridgehead atoms. The highest BCUT2D eigenvalue weighted by atomic mass is 79.9. The van der Waals surface area contributed by atoms with Gasteiger partial charge in [0.05, 0.1) is 6.10 Å². The van der Waals surface area contributed by atoms with Crippen molar-refractivity contribution >= 4 is 27.7 Å². The summed E-state index contributed by atoms with van der Waals surface area (Å²) in [5.41, 5.74) is 0.787. The van der Waals surface area contributed by atoms with Gasteiger partial charge in [-0.1, -0.05) is 33.8 Å². The van der Waals surface area contributed by atoms with Crippen LogP contribution in [-0.2, 0) is 0 Å². The third kappa shape index (κ3) is 3.55. The summed E-state index contributed by atoms with van der Waals surface area (Å²) in [6.07, 6.45) is -0.559. The summed E-state index contributed by atoms with van der Waals surface area (Å²) >= 11 is 4.71. The van der Waals surface area contributed by atoms with E-state index in [0.717, 1.165) is 27.1 Å². The van der Waals surface area contributed by atoms with Gasteiger partial charge in [0.1, 0.15) is 0 Å². The molecule has 0 saturated heterocycles. The van der Waals surface area contributed by atoms with Crippen LogP contribution in [0.2, 0.25) is 0 Å². The smallest absolute Gasteiger partial charge is 0.159 e. The van der Waals surface area contributed by atoms with Crippen LogP contribution in [0.25, 0.3) is 0 Å². The first-order valence-electron chi connectivity index (χ1n) is 5.58. The molecule has 0 fully saturated rings. The third-order valence-corrected chi connectivity index (χ3v) is 4.21. The van der Waals surface area contributed by atoms with Crippen molar-refractivity contribution in [1.82, 2.24) is 0 Å². The Labute approximate surface area is 122 Å². The van der Waals surface area contributed by atoms with Crippen LogP contribution in [-0.4, -0.2) is 5.11 Å². The molecule has 0 aliphatic rings. The first-order valence-corrected chi connectivity index (χ1v) is 7.18. The molecule has 19 heavy (non-hydrogen) atoms. The van der Waals surface area contributed by atoms with Crippen molar-refractivity contribution in [2.75, 3.05) is 0 Å². The van der Waals surface area contributed by atoms with E-state index in [9.17, 15) is 13.9 Å². The zero-order valence-corrected chi connectivity index (χ0v) is 12.4. The second-order valence-electron chi connectivity index (χ2n) is 4.04. The summed E-state index contributed by atoms with van der Waals surface area (Å²) < 4.78 is 26.7. The van der Waals surface area contributed by atoms with Crippen LogP contribution in [0.5, 0.6) is 0 Å². The molecule has 1 atom stereocenters. The van der Waals surface area contributed by atoms with Gasteiger partial charge in [-0.15, -0.1) is 0 Å². The van der Waals surface area contributed by atoms with Gasteiger partial charge in [-0.3, -0.25) is 0 Å². The van der Waals surface area contributed by atoms with Gasteiger partial charge in [0, 0.05) is 14.3 Å². The van der Waals surface area contributed by atoms with Gasteiger partial charge < -0.3 is 5.11 Å². The van der Waals surface area contributed by atoms with E-state index in [-0.39, 0.29) is 0 Å². The Hall–Kier alpha value is -0.910. The maximum atomic E-state index is 13.1. The van der Waals surface area contributed by atoms with Crippen molar-refractivity contribution in [2.24, 2.45) is 0 Å². The largest absolute Gasteiger partial charge is 0.389 e. The summed E-state index contributed by atoms with van der Waals surface area (Å²) in [7, 11) is 0. The average molecular weight is 345 g/mol. The highest BCUT2D eigenvalue weighted by molar-refractivity contribution is 9.10. The summed E-state index contributed by atoms with van der Waals surface area (Å²) in [5, 5.41) is 9.52. The molecule has 0 spiro atoms. The fraction of sp³-hybridized carbons (Fsp3) is 0.143. The Morgan fingerprint density at radius 3 is 2.26 bits per heavy atom. The van der Waals surface area contributed by atoms with E-state index in [0.29, 0.717) is 4.90 Å².